The monoisotopic (exact) mass is 392 g/mol. The molecule has 1 aromatic rings. The highest BCUT2D eigenvalue weighted by Gasteiger charge is 2.30. The molecular weight excluding hydrogens is 363 g/mol. The fourth-order valence-corrected chi connectivity index (χ4v) is 4.15. The number of piperidine rings is 1. The topological polar surface area (TPSA) is 69.9 Å². The number of rotatable bonds is 4. The van der Waals surface area contributed by atoms with Crippen LogP contribution in [0.4, 0.5) is 21.5 Å². The van der Waals surface area contributed by atoms with Crippen LogP contribution in [0, 0.1) is 21.8 Å². The number of amides is 1. The van der Waals surface area contributed by atoms with Crippen LogP contribution in [0.15, 0.2) is 12.1 Å². The number of hydrogen-bond donors (Lipinski definition) is 0. The van der Waals surface area contributed by atoms with Crippen LogP contribution in [-0.4, -0.2) is 54.5 Å². The number of halogens is 1. The maximum Gasteiger partial charge on any atom is 0.295 e. The Morgan fingerprint density at radius 2 is 1.82 bits per heavy atom. The third-order valence-electron chi connectivity index (χ3n) is 5.78. The van der Waals surface area contributed by atoms with E-state index in [0.29, 0.717) is 37.6 Å². The molecule has 3 rings (SSSR count). The maximum absolute atomic E-state index is 14.8. The summed E-state index contributed by atoms with van der Waals surface area (Å²) in [4.78, 5) is 29.0. The molecule has 1 atom stereocenters. The number of nitro benzene ring substituents is 1. The molecule has 0 bridgehead atoms. The minimum Gasteiger partial charge on any atom is -0.366 e. The van der Waals surface area contributed by atoms with E-state index < -0.39 is 10.7 Å². The molecule has 7 nitrogen and oxygen atoms in total. The first kappa shape index (κ1) is 20.4. The Morgan fingerprint density at radius 1 is 1.14 bits per heavy atom. The van der Waals surface area contributed by atoms with E-state index in [4.69, 9.17) is 0 Å². The lowest BCUT2D eigenvalue weighted by Gasteiger charge is -2.38. The molecule has 0 radical (unpaired) electrons. The Balaban J connectivity index is 1.88. The highest BCUT2D eigenvalue weighted by Crippen LogP contribution is 2.37. The summed E-state index contributed by atoms with van der Waals surface area (Å²) in [6, 6.07) is 2.89. The first-order valence-corrected chi connectivity index (χ1v) is 10.1. The quantitative estimate of drug-likeness (QED) is 0.580. The molecule has 0 aliphatic carbocycles. The summed E-state index contributed by atoms with van der Waals surface area (Å²) in [6.07, 6.45) is 3.10. The molecule has 0 saturated carbocycles. The van der Waals surface area contributed by atoms with Gasteiger partial charge in [-0.2, -0.15) is 0 Å². The highest BCUT2D eigenvalue weighted by molar-refractivity contribution is 5.79. The summed E-state index contributed by atoms with van der Waals surface area (Å²) >= 11 is 0. The van der Waals surface area contributed by atoms with Crippen molar-refractivity contribution in [2.75, 3.05) is 42.5 Å². The minimum absolute atomic E-state index is 0.0705. The van der Waals surface area contributed by atoms with Gasteiger partial charge in [-0.15, -0.1) is 0 Å². The summed E-state index contributed by atoms with van der Waals surface area (Å²) in [6.45, 7) is 8.58. The molecule has 0 N–H and O–H groups in total. The molecule has 1 aromatic carbocycles. The van der Waals surface area contributed by atoms with E-state index in [0.717, 1.165) is 31.9 Å². The zero-order chi connectivity index (χ0) is 20.4. The average Bonchev–Trinajstić information content (AvgIpc) is 2.68. The van der Waals surface area contributed by atoms with Gasteiger partial charge in [0.15, 0.2) is 5.82 Å². The van der Waals surface area contributed by atoms with E-state index in [-0.39, 0.29) is 23.6 Å². The lowest BCUT2D eigenvalue weighted by atomic mass is 10.0. The summed E-state index contributed by atoms with van der Waals surface area (Å²) in [5, 5.41) is 11.6. The molecular formula is C20H29FN4O3. The molecule has 0 aromatic heterocycles. The molecule has 28 heavy (non-hydrogen) atoms. The van der Waals surface area contributed by atoms with E-state index in [2.05, 4.69) is 6.92 Å². The zero-order valence-electron chi connectivity index (χ0n) is 16.9. The predicted octanol–water partition coefficient (Wildman–Crippen LogP) is 3.42. The molecule has 2 aliphatic rings. The molecule has 0 spiro atoms. The van der Waals surface area contributed by atoms with Crippen molar-refractivity contribution < 1.29 is 14.1 Å². The average molecular weight is 392 g/mol. The normalized spacial score (nSPS) is 20.6. The van der Waals surface area contributed by atoms with Crippen molar-refractivity contribution >= 4 is 23.0 Å². The van der Waals surface area contributed by atoms with Crippen molar-refractivity contribution in [3.05, 3.63) is 28.1 Å². The zero-order valence-corrected chi connectivity index (χ0v) is 16.9. The van der Waals surface area contributed by atoms with E-state index in [1.54, 1.807) is 11.0 Å². The number of carbonyl (C=O) groups is 1. The van der Waals surface area contributed by atoms with E-state index in [9.17, 15) is 19.3 Å². The number of nitrogens with zero attached hydrogens (tertiary/aromatic N) is 4. The van der Waals surface area contributed by atoms with Crippen molar-refractivity contribution in [2.24, 2.45) is 5.92 Å². The van der Waals surface area contributed by atoms with E-state index in [1.807, 2.05) is 23.6 Å². The van der Waals surface area contributed by atoms with Gasteiger partial charge in [-0.1, -0.05) is 13.8 Å². The number of piperazine rings is 1. The van der Waals surface area contributed by atoms with Crippen molar-refractivity contribution in [2.45, 2.75) is 46.1 Å². The van der Waals surface area contributed by atoms with Gasteiger partial charge in [0, 0.05) is 44.7 Å². The first-order chi connectivity index (χ1) is 13.3. The van der Waals surface area contributed by atoms with Crippen molar-refractivity contribution in [1.82, 2.24) is 4.90 Å². The Hall–Kier alpha value is -2.38. The Bertz CT molecular complexity index is 747. The minimum atomic E-state index is -0.544. The van der Waals surface area contributed by atoms with Crippen LogP contribution in [0.5, 0.6) is 0 Å². The number of hydrogen-bond acceptors (Lipinski definition) is 5. The summed E-state index contributed by atoms with van der Waals surface area (Å²) in [7, 11) is 0. The van der Waals surface area contributed by atoms with Crippen LogP contribution in [0.1, 0.15) is 40.0 Å². The van der Waals surface area contributed by atoms with Gasteiger partial charge in [0.25, 0.3) is 5.69 Å². The van der Waals surface area contributed by atoms with E-state index in [1.165, 1.54) is 0 Å². The van der Waals surface area contributed by atoms with Gasteiger partial charge in [-0.25, -0.2) is 4.39 Å². The lowest BCUT2D eigenvalue weighted by molar-refractivity contribution is -0.384. The van der Waals surface area contributed by atoms with Gasteiger partial charge in [0.2, 0.25) is 5.91 Å². The highest BCUT2D eigenvalue weighted by atomic mass is 19.1. The van der Waals surface area contributed by atoms with Crippen LogP contribution in [0.25, 0.3) is 0 Å². The molecule has 0 unspecified atom stereocenters. The third kappa shape index (κ3) is 4.05. The second-order valence-corrected chi connectivity index (χ2v) is 8.05. The van der Waals surface area contributed by atoms with Crippen LogP contribution < -0.4 is 9.80 Å². The summed E-state index contributed by atoms with van der Waals surface area (Å²) in [5.74, 6) is -0.521. The van der Waals surface area contributed by atoms with Crippen molar-refractivity contribution in [1.29, 1.82) is 0 Å². The molecule has 2 fully saturated rings. The fraction of sp³-hybridized carbons (Fsp3) is 0.650. The van der Waals surface area contributed by atoms with Gasteiger partial charge in [0.05, 0.1) is 16.7 Å². The van der Waals surface area contributed by atoms with Gasteiger partial charge in [0.1, 0.15) is 5.69 Å². The maximum atomic E-state index is 14.8. The second-order valence-electron chi connectivity index (χ2n) is 8.05. The fourth-order valence-electron chi connectivity index (χ4n) is 4.15. The number of nitro groups is 1. The van der Waals surface area contributed by atoms with Crippen molar-refractivity contribution in [3.63, 3.8) is 0 Å². The molecule has 8 heteroatoms. The third-order valence-corrected chi connectivity index (χ3v) is 5.78. The Kier molecular flexibility index (Phi) is 6.05. The van der Waals surface area contributed by atoms with Crippen LogP contribution in [0.3, 0.4) is 0 Å². The predicted molar refractivity (Wildman–Crippen MR) is 107 cm³/mol. The Labute approximate surface area is 165 Å². The van der Waals surface area contributed by atoms with Crippen LogP contribution in [-0.2, 0) is 4.79 Å². The largest absolute Gasteiger partial charge is 0.366 e. The molecule has 2 saturated heterocycles. The standard InChI is InChI=1S/C20H29FN4O3/c1-14(2)20(26)23-10-8-22(9-11-23)18-13-17(16(21)12-19(18)25(27)28)24-7-5-4-6-15(24)3/h12-15H,4-11H2,1-3H3/t15-/m0/s1. The van der Waals surface area contributed by atoms with Gasteiger partial charge >= 0.3 is 0 Å². The second kappa shape index (κ2) is 8.32. The van der Waals surface area contributed by atoms with Gasteiger partial charge in [-0.3, -0.25) is 14.9 Å². The number of benzene rings is 1. The van der Waals surface area contributed by atoms with Crippen LogP contribution >= 0.6 is 0 Å². The molecule has 1 amide bonds. The van der Waals surface area contributed by atoms with Gasteiger partial charge < -0.3 is 14.7 Å². The first-order valence-electron chi connectivity index (χ1n) is 10.1. The smallest absolute Gasteiger partial charge is 0.295 e. The molecule has 154 valence electrons. The number of anilines is 2. The lowest BCUT2D eigenvalue weighted by Crippen LogP contribution is -2.50. The van der Waals surface area contributed by atoms with Crippen molar-refractivity contribution in [3.8, 4) is 0 Å². The molecule has 2 heterocycles. The summed E-state index contributed by atoms with van der Waals surface area (Å²) < 4.78 is 14.8. The molecule has 2 aliphatic heterocycles. The summed E-state index contributed by atoms with van der Waals surface area (Å²) in [5.41, 5.74) is 0.666. The van der Waals surface area contributed by atoms with Crippen LogP contribution in [0.2, 0.25) is 0 Å². The number of carbonyl (C=O) groups excluding carboxylic acids is 1. The van der Waals surface area contributed by atoms with Gasteiger partial charge in [-0.05, 0) is 32.3 Å². The Morgan fingerprint density at radius 3 is 2.39 bits per heavy atom. The van der Waals surface area contributed by atoms with E-state index >= 15 is 0 Å². The SMILES string of the molecule is CC(C)C(=O)N1CCN(c2cc(N3CCCC[C@@H]3C)c(F)cc2[N+](=O)[O-])CC1.